The number of aliphatic hydroxyl groups excluding tert-OH is 1. The summed E-state index contributed by atoms with van der Waals surface area (Å²) in [6.45, 7) is 3.51. The minimum Gasteiger partial charge on any atom is -0.497 e. The zero-order valence-electron chi connectivity index (χ0n) is 19.7. The Bertz CT molecular complexity index is 1100. The Morgan fingerprint density at radius 1 is 1.15 bits per heavy atom. The van der Waals surface area contributed by atoms with E-state index in [1.54, 1.807) is 7.11 Å². The average Bonchev–Trinajstić information content (AvgIpc) is 3.66. The molecule has 3 aromatic rings. The molecule has 0 spiro atoms. The lowest BCUT2D eigenvalue weighted by atomic mass is 10.2. The van der Waals surface area contributed by atoms with Crippen LogP contribution >= 0.6 is 0 Å². The number of hydrogen-bond donors (Lipinski definition) is 1. The molecule has 0 radical (unpaired) electrons. The van der Waals surface area contributed by atoms with Gasteiger partial charge in [0.05, 0.1) is 36.8 Å². The molecule has 1 aliphatic rings. The van der Waals surface area contributed by atoms with Crippen molar-refractivity contribution in [2.45, 2.75) is 38.5 Å². The lowest BCUT2D eigenvalue weighted by Crippen LogP contribution is -2.36. The number of rotatable bonds is 12. The van der Waals surface area contributed by atoms with Gasteiger partial charge in [-0.2, -0.15) is 5.10 Å². The van der Waals surface area contributed by atoms with E-state index in [4.69, 9.17) is 25.7 Å². The van der Waals surface area contributed by atoms with Crippen molar-refractivity contribution in [3.05, 3.63) is 65.9 Å². The van der Waals surface area contributed by atoms with Gasteiger partial charge in [-0.15, -0.1) is 6.42 Å². The molecule has 34 heavy (non-hydrogen) atoms. The topological polar surface area (TPSA) is 69.0 Å². The first kappa shape index (κ1) is 23.8. The maximum atomic E-state index is 10.5. The van der Waals surface area contributed by atoms with E-state index in [0.717, 1.165) is 35.5 Å². The van der Waals surface area contributed by atoms with E-state index in [9.17, 15) is 5.11 Å². The first-order valence-electron chi connectivity index (χ1n) is 11.5. The number of aryl methyl sites for hydroxylation is 1. The fourth-order valence-electron chi connectivity index (χ4n) is 3.89. The number of methoxy groups -OCH3 is 1. The number of para-hydroxylation sites is 1. The van der Waals surface area contributed by atoms with E-state index < -0.39 is 6.10 Å². The summed E-state index contributed by atoms with van der Waals surface area (Å²) in [7, 11) is 1.64. The summed E-state index contributed by atoms with van der Waals surface area (Å²) in [6, 6.07) is 17.9. The molecule has 1 N–H and O–H groups in total. The number of aromatic nitrogens is 2. The molecule has 1 aliphatic carbocycles. The SMILES string of the molecule is C#CCOC[C@H](O)CN(Cc1c(C)nn(-c2ccccc2)c1Oc1ccc(OC)cc1)C1CC1. The second kappa shape index (κ2) is 11.2. The summed E-state index contributed by atoms with van der Waals surface area (Å²) in [5.74, 6) is 4.56. The van der Waals surface area contributed by atoms with Crippen molar-refractivity contribution in [2.24, 2.45) is 0 Å². The summed E-state index contributed by atoms with van der Waals surface area (Å²) in [5, 5.41) is 15.3. The Morgan fingerprint density at radius 3 is 2.50 bits per heavy atom. The summed E-state index contributed by atoms with van der Waals surface area (Å²) < 4.78 is 18.9. The maximum absolute atomic E-state index is 10.5. The largest absolute Gasteiger partial charge is 0.497 e. The molecular formula is C27H31N3O4. The molecule has 0 unspecified atom stereocenters. The highest BCUT2D eigenvalue weighted by Gasteiger charge is 2.32. The van der Waals surface area contributed by atoms with Crippen molar-refractivity contribution in [1.29, 1.82) is 0 Å². The maximum Gasteiger partial charge on any atom is 0.227 e. The Morgan fingerprint density at radius 2 is 1.85 bits per heavy atom. The van der Waals surface area contributed by atoms with E-state index in [2.05, 4.69) is 10.8 Å². The van der Waals surface area contributed by atoms with Crippen LogP contribution < -0.4 is 9.47 Å². The summed E-state index contributed by atoms with van der Waals surface area (Å²) >= 11 is 0. The van der Waals surface area contributed by atoms with Gasteiger partial charge in [0.25, 0.3) is 0 Å². The van der Waals surface area contributed by atoms with Crippen molar-refractivity contribution >= 4 is 0 Å². The van der Waals surface area contributed by atoms with Crippen LogP contribution in [0.4, 0.5) is 0 Å². The summed E-state index contributed by atoms with van der Waals surface area (Å²) in [5.41, 5.74) is 2.79. The molecule has 2 aromatic carbocycles. The number of terminal acetylenes is 1. The van der Waals surface area contributed by atoms with Crippen LogP contribution in [0.3, 0.4) is 0 Å². The number of hydrogen-bond acceptors (Lipinski definition) is 6. The highest BCUT2D eigenvalue weighted by Crippen LogP contribution is 2.35. The first-order valence-corrected chi connectivity index (χ1v) is 11.5. The van der Waals surface area contributed by atoms with E-state index in [-0.39, 0.29) is 13.2 Å². The van der Waals surface area contributed by atoms with Crippen molar-refractivity contribution in [2.75, 3.05) is 26.9 Å². The predicted molar refractivity (Wildman–Crippen MR) is 130 cm³/mol. The van der Waals surface area contributed by atoms with Gasteiger partial charge in [-0.3, -0.25) is 4.90 Å². The van der Waals surface area contributed by atoms with Crippen molar-refractivity contribution in [3.63, 3.8) is 0 Å². The van der Waals surface area contributed by atoms with Crippen LogP contribution in [0, 0.1) is 19.3 Å². The number of benzene rings is 2. The molecular weight excluding hydrogens is 430 g/mol. The minimum absolute atomic E-state index is 0.198. The molecule has 0 amide bonds. The molecule has 0 bridgehead atoms. The Labute approximate surface area is 200 Å². The summed E-state index contributed by atoms with van der Waals surface area (Å²) in [4.78, 5) is 2.28. The van der Waals surface area contributed by atoms with Gasteiger partial charge in [-0.05, 0) is 56.2 Å². The van der Waals surface area contributed by atoms with Gasteiger partial charge in [0.2, 0.25) is 5.88 Å². The molecule has 0 saturated heterocycles. The Kier molecular flexibility index (Phi) is 7.86. The Balaban J connectivity index is 1.62. The number of aliphatic hydroxyl groups is 1. The van der Waals surface area contributed by atoms with E-state index >= 15 is 0 Å². The van der Waals surface area contributed by atoms with Gasteiger partial charge in [0.1, 0.15) is 18.1 Å². The minimum atomic E-state index is -0.621. The van der Waals surface area contributed by atoms with Gasteiger partial charge in [-0.1, -0.05) is 24.1 Å². The lowest BCUT2D eigenvalue weighted by molar-refractivity contribution is 0.0241. The molecule has 7 heteroatoms. The first-order chi connectivity index (χ1) is 16.6. The number of nitrogens with zero attached hydrogens (tertiary/aromatic N) is 3. The monoisotopic (exact) mass is 461 g/mol. The molecule has 1 atom stereocenters. The van der Waals surface area contributed by atoms with E-state index in [1.807, 2.05) is 66.2 Å². The van der Waals surface area contributed by atoms with E-state index in [1.165, 1.54) is 0 Å². The third-order valence-electron chi connectivity index (χ3n) is 5.78. The van der Waals surface area contributed by atoms with Crippen molar-refractivity contribution in [3.8, 4) is 35.4 Å². The van der Waals surface area contributed by atoms with Crippen molar-refractivity contribution < 1.29 is 19.3 Å². The van der Waals surface area contributed by atoms with Crippen LogP contribution in [0.1, 0.15) is 24.1 Å². The predicted octanol–water partition coefficient (Wildman–Crippen LogP) is 3.96. The third kappa shape index (κ3) is 5.97. The van der Waals surface area contributed by atoms with Gasteiger partial charge in [0.15, 0.2) is 0 Å². The molecule has 1 aromatic heterocycles. The standard InChI is InChI=1S/C27H31N3O4/c1-4-16-33-19-23(31)17-29(21-10-11-21)18-26-20(2)28-30(22-8-6-5-7-9-22)27(26)34-25-14-12-24(32-3)13-15-25/h1,5-9,12-15,21,23,31H,10-11,16-19H2,2-3H3/t23-/m1/s1. The highest BCUT2D eigenvalue weighted by atomic mass is 16.5. The van der Waals surface area contributed by atoms with Crippen LogP contribution in [-0.4, -0.2) is 58.8 Å². The van der Waals surface area contributed by atoms with Crippen LogP contribution in [0.5, 0.6) is 17.4 Å². The molecule has 7 nitrogen and oxygen atoms in total. The highest BCUT2D eigenvalue weighted by molar-refractivity contribution is 5.44. The smallest absolute Gasteiger partial charge is 0.227 e. The Hall–Kier alpha value is -3.31. The molecule has 178 valence electrons. The molecule has 1 saturated carbocycles. The zero-order chi connectivity index (χ0) is 23.9. The van der Waals surface area contributed by atoms with Gasteiger partial charge in [0, 0.05) is 19.1 Å². The summed E-state index contributed by atoms with van der Waals surface area (Å²) in [6.07, 6.45) is 6.84. The van der Waals surface area contributed by atoms with Gasteiger partial charge < -0.3 is 19.3 Å². The van der Waals surface area contributed by atoms with Crippen LogP contribution in [0.15, 0.2) is 54.6 Å². The second-order valence-corrected chi connectivity index (χ2v) is 8.43. The van der Waals surface area contributed by atoms with Crippen molar-refractivity contribution in [1.82, 2.24) is 14.7 Å². The average molecular weight is 462 g/mol. The quantitative estimate of drug-likeness (QED) is 0.325. The lowest BCUT2D eigenvalue weighted by Gasteiger charge is -2.25. The number of ether oxygens (including phenoxy) is 3. The van der Waals surface area contributed by atoms with Crippen LogP contribution in [0.2, 0.25) is 0 Å². The second-order valence-electron chi connectivity index (χ2n) is 8.43. The van der Waals surface area contributed by atoms with E-state index in [0.29, 0.717) is 30.8 Å². The molecule has 1 fully saturated rings. The molecule has 1 heterocycles. The molecule has 4 rings (SSSR count). The normalized spacial score (nSPS) is 14.1. The fourth-order valence-corrected chi connectivity index (χ4v) is 3.89. The van der Waals surface area contributed by atoms with Gasteiger partial charge in [-0.25, -0.2) is 4.68 Å². The zero-order valence-corrected chi connectivity index (χ0v) is 19.7. The fraction of sp³-hybridized carbons (Fsp3) is 0.370. The molecule has 0 aliphatic heterocycles. The third-order valence-corrected chi connectivity index (χ3v) is 5.78. The van der Waals surface area contributed by atoms with Crippen LogP contribution in [-0.2, 0) is 11.3 Å². The van der Waals surface area contributed by atoms with Crippen LogP contribution in [0.25, 0.3) is 5.69 Å². The van der Waals surface area contributed by atoms with Gasteiger partial charge >= 0.3 is 0 Å².